The molecule has 84 valence electrons. The lowest BCUT2D eigenvalue weighted by molar-refractivity contribution is 0.430. The molecular formula is C11H19N3S. The van der Waals surface area contributed by atoms with E-state index in [1.54, 1.807) is 11.3 Å². The molecule has 1 aliphatic heterocycles. The van der Waals surface area contributed by atoms with Crippen molar-refractivity contribution in [3.8, 4) is 0 Å². The van der Waals surface area contributed by atoms with Crippen molar-refractivity contribution in [2.45, 2.75) is 32.2 Å². The highest BCUT2D eigenvalue weighted by Gasteiger charge is 2.21. The van der Waals surface area contributed by atoms with Crippen LogP contribution in [0.1, 0.15) is 26.2 Å². The highest BCUT2D eigenvalue weighted by Crippen LogP contribution is 2.23. The maximum Gasteiger partial charge on any atom is 0.185 e. The van der Waals surface area contributed by atoms with E-state index in [-0.39, 0.29) is 0 Å². The van der Waals surface area contributed by atoms with Gasteiger partial charge in [-0.2, -0.15) is 0 Å². The van der Waals surface area contributed by atoms with E-state index < -0.39 is 0 Å². The number of hydrogen-bond acceptors (Lipinski definition) is 4. The molecule has 0 aromatic carbocycles. The van der Waals surface area contributed by atoms with Gasteiger partial charge in [0, 0.05) is 30.7 Å². The third-order valence-electron chi connectivity index (χ3n) is 2.84. The van der Waals surface area contributed by atoms with Crippen LogP contribution >= 0.6 is 11.3 Å². The Morgan fingerprint density at radius 2 is 2.60 bits per heavy atom. The van der Waals surface area contributed by atoms with Gasteiger partial charge in [-0.15, -0.1) is 11.3 Å². The molecule has 0 aliphatic carbocycles. The molecule has 0 amide bonds. The van der Waals surface area contributed by atoms with Gasteiger partial charge in [-0.3, -0.25) is 0 Å². The summed E-state index contributed by atoms with van der Waals surface area (Å²) in [5, 5.41) is 6.72. The molecule has 1 unspecified atom stereocenters. The summed E-state index contributed by atoms with van der Waals surface area (Å²) in [7, 11) is 0. The number of hydrogen-bond donors (Lipinski definition) is 1. The number of nitrogens with zero attached hydrogens (tertiary/aromatic N) is 2. The zero-order chi connectivity index (χ0) is 10.5. The van der Waals surface area contributed by atoms with Crippen LogP contribution in [0, 0.1) is 0 Å². The minimum Gasteiger partial charge on any atom is -0.344 e. The minimum atomic E-state index is 0.643. The van der Waals surface area contributed by atoms with Crippen molar-refractivity contribution in [2.24, 2.45) is 0 Å². The Balaban J connectivity index is 2.04. The van der Waals surface area contributed by atoms with Gasteiger partial charge in [0.1, 0.15) is 0 Å². The Bertz CT molecular complexity index is 267. The highest BCUT2D eigenvalue weighted by molar-refractivity contribution is 7.13. The summed E-state index contributed by atoms with van der Waals surface area (Å²) >= 11 is 1.75. The van der Waals surface area contributed by atoms with Crippen LogP contribution in [0.15, 0.2) is 11.6 Å². The molecule has 1 aromatic rings. The maximum absolute atomic E-state index is 4.43. The summed E-state index contributed by atoms with van der Waals surface area (Å²) in [5.74, 6) is 0. The lowest BCUT2D eigenvalue weighted by Gasteiger charge is -2.34. The van der Waals surface area contributed by atoms with Crippen LogP contribution in [-0.4, -0.2) is 30.7 Å². The van der Waals surface area contributed by atoms with Crippen molar-refractivity contribution in [3.05, 3.63) is 11.6 Å². The van der Waals surface area contributed by atoms with Crippen molar-refractivity contribution in [2.75, 3.05) is 24.5 Å². The number of aromatic nitrogens is 1. The standard InChI is InChI=1S/C11H19N3S/c1-2-7-14(11-13-6-8-15-11)10-4-3-5-12-9-10/h6,8,10,12H,2-5,7,9H2,1H3. The molecule has 1 aliphatic rings. The first-order chi connectivity index (χ1) is 7.42. The fraction of sp³-hybridized carbons (Fsp3) is 0.727. The van der Waals surface area contributed by atoms with Crippen molar-refractivity contribution in [1.29, 1.82) is 0 Å². The zero-order valence-corrected chi connectivity index (χ0v) is 10.1. The van der Waals surface area contributed by atoms with E-state index in [4.69, 9.17) is 0 Å². The van der Waals surface area contributed by atoms with Gasteiger partial charge in [-0.25, -0.2) is 4.98 Å². The van der Waals surface area contributed by atoms with Gasteiger partial charge in [0.05, 0.1) is 0 Å². The second-order valence-corrected chi connectivity index (χ2v) is 4.88. The second-order valence-electron chi connectivity index (χ2n) is 4.01. The molecule has 2 heterocycles. The molecule has 15 heavy (non-hydrogen) atoms. The van der Waals surface area contributed by atoms with E-state index >= 15 is 0 Å². The van der Waals surface area contributed by atoms with Crippen LogP contribution in [0.2, 0.25) is 0 Å². The molecule has 1 N–H and O–H groups in total. The van der Waals surface area contributed by atoms with Gasteiger partial charge in [0.25, 0.3) is 0 Å². The molecule has 1 fully saturated rings. The number of rotatable bonds is 4. The Kier molecular flexibility index (Phi) is 3.97. The van der Waals surface area contributed by atoms with Gasteiger partial charge < -0.3 is 10.2 Å². The lowest BCUT2D eigenvalue weighted by Crippen LogP contribution is -2.46. The van der Waals surface area contributed by atoms with Crippen LogP contribution in [0.25, 0.3) is 0 Å². The lowest BCUT2D eigenvalue weighted by atomic mass is 10.1. The van der Waals surface area contributed by atoms with E-state index in [0.717, 1.165) is 13.1 Å². The normalized spacial score (nSPS) is 21.5. The van der Waals surface area contributed by atoms with Crippen molar-refractivity contribution in [3.63, 3.8) is 0 Å². The molecule has 0 radical (unpaired) electrons. The molecular weight excluding hydrogens is 206 g/mol. The van der Waals surface area contributed by atoms with Crippen LogP contribution in [0.4, 0.5) is 5.13 Å². The minimum absolute atomic E-state index is 0.643. The van der Waals surface area contributed by atoms with Crippen LogP contribution in [0.5, 0.6) is 0 Å². The van der Waals surface area contributed by atoms with Crippen molar-refractivity contribution in [1.82, 2.24) is 10.3 Å². The molecule has 3 nitrogen and oxygen atoms in total. The fourth-order valence-electron chi connectivity index (χ4n) is 2.13. The average Bonchev–Trinajstić information content (AvgIpc) is 2.80. The summed E-state index contributed by atoms with van der Waals surface area (Å²) in [6.07, 6.45) is 5.68. The number of nitrogens with one attached hydrogen (secondary N) is 1. The molecule has 1 saturated heterocycles. The third kappa shape index (κ3) is 2.69. The first-order valence-corrected chi connectivity index (χ1v) is 6.66. The van der Waals surface area contributed by atoms with Gasteiger partial charge in [-0.05, 0) is 25.8 Å². The van der Waals surface area contributed by atoms with E-state index in [1.807, 2.05) is 6.20 Å². The second kappa shape index (κ2) is 5.47. The number of piperidine rings is 1. The number of thiazole rings is 1. The van der Waals surface area contributed by atoms with Gasteiger partial charge in [0.15, 0.2) is 5.13 Å². The monoisotopic (exact) mass is 225 g/mol. The van der Waals surface area contributed by atoms with Crippen LogP contribution < -0.4 is 10.2 Å². The van der Waals surface area contributed by atoms with Gasteiger partial charge in [-0.1, -0.05) is 6.92 Å². The quantitative estimate of drug-likeness (QED) is 0.850. The fourth-order valence-corrected chi connectivity index (χ4v) is 2.87. The van der Waals surface area contributed by atoms with E-state index in [9.17, 15) is 0 Å². The zero-order valence-electron chi connectivity index (χ0n) is 9.28. The van der Waals surface area contributed by atoms with Crippen molar-refractivity contribution < 1.29 is 0 Å². The maximum atomic E-state index is 4.43. The SMILES string of the molecule is CCCN(c1nccs1)C1CCCNC1. The molecule has 1 atom stereocenters. The number of anilines is 1. The van der Waals surface area contributed by atoms with Crippen LogP contribution in [0.3, 0.4) is 0 Å². The largest absolute Gasteiger partial charge is 0.344 e. The smallest absolute Gasteiger partial charge is 0.185 e. The summed E-state index contributed by atoms with van der Waals surface area (Å²) in [4.78, 5) is 6.90. The first kappa shape index (κ1) is 10.9. The van der Waals surface area contributed by atoms with Crippen LogP contribution in [-0.2, 0) is 0 Å². The van der Waals surface area contributed by atoms with Gasteiger partial charge >= 0.3 is 0 Å². The summed E-state index contributed by atoms with van der Waals surface area (Å²) in [6, 6.07) is 0.643. The van der Waals surface area contributed by atoms with Crippen molar-refractivity contribution >= 4 is 16.5 Å². The molecule has 0 spiro atoms. The van der Waals surface area contributed by atoms with E-state index in [2.05, 4.69) is 27.5 Å². The average molecular weight is 225 g/mol. The Hall–Kier alpha value is -0.610. The first-order valence-electron chi connectivity index (χ1n) is 5.78. The molecule has 0 bridgehead atoms. The molecule has 1 aromatic heterocycles. The predicted octanol–water partition coefficient (Wildman–Crippen LogP) is 2.11. The predicted molar refractivity (Wildman–Crippen MR) is 65.6 cm³/mol. The topological polar surface area (TPSA) is 28.2 Å². The Morgan fingerprint density at radius 3 is 3.20 bits per heavy atom. The Morgan fingerprint density at radius 1 is 1.67 bits per heavy atom. The molecule has 4 heteroatoms. The summed E-state index contributed by atoms with van der Waals surface area (Å²) in [6.45, 7) is 5.64. The van der Waals surface area contributed by atoms with E-state index in [0.29, 0.717) is 6.04 Å². The Labute approximate surface area is 95.5 Å². The van der Waals surface area contributed by atoms with Gasteiger partial charge in [0.2, 0.25) is 0 Å². The molecule has 0 saturated carbocycles. The molecule has 2 rings (SSSR count). The summed E-state index contributed by atoms with van der Waals surface area (Å²) in [5.41, 5.74) is 0. The van der Waals surface area contributed by atoms with E-state index in [1.165, 1.54) is 30.9 Å². The highest BCUT2D eigenvalue weighted by atomic mass is 32.1. The summed E-state index contributed by atoms with van der Waals surface area (Å²) < 4.78 is 0. The third-order valence-corrected chi connectivity index (χ3v) is 3.65.